The van der Waals surface area contributed by atoms with Crippen LogP contribution in [0.3, 0.4) is 0 Å². The van der Waals surface area contributed by atoms with E-state index in [1.54, 1.807) is 0 Å². The van der Waals surface area contributed by atoms with Gasteiger partial charge < -0.3 is 14.8 Å². The molecule has 2 aromatic carbocycles. The molecular formula is C23H29NO3. The van der Waals surface area contributed by atoms with Crippen molar-refractivity contribution < 1.29 is 14.3 Å². The van der Waals surface area contributed by atoms with Crippen molar-refractivity contribution in [2.24, 2.45) is 0 Å². The molecule has 4 nitrogen and oxygen atoms in total. The minimum atomic E-state index is -0.569. The van der Waals surface area contributed by atoms with Crippen molar-refractivity contribution in [1.82, 2.24) is 5.32 Å². The molecule has 0 atom stereocenters. The Morgan fingerprint density at radius 1 is 1.11 bits per heavy atom. The van der Waals surface area contributed by atoms with Crippen molar-refractivity contribution in [3.8, 4) is 5.75 Å². The third-order valence-corrected chi connectivity index (χ3v) is 5.16. The lowest BCUT2D eigenvalue weighted by molar-refractivity contribution is -0.166. The van der Waals surface area contributed by atoms with Crippen LogP contribution in [-0.4, -0.2) is 25.7 Å². The van der Waals surface area contributed by atoms with Crippen LogP contribution in [0.4, 0.5) is 0 Å². The summed E-state index contributed by atoms with van der Waals surface area (Å²) < 4.78 is 11.9. The third kappa shape index (κ3) is 4.69. The highest BCUT2D eigenvalue weighted by atomic mass is 16.6. The van der Waals surface area contributed by atoms with Crippen LogP contribution < -0.4 is 10.1 Å². The monoisotopic (exact) mass is 367 g/mol. The molecule has 0 amide bonds. The number of ether oxygens (including phenoxy) is 2. The van der Waals surface area contributed by atoms with Crippen molar-refractivity contribution in [2.75, 3.05) is 19.7 Å². The van der Waals surface area contributed by atoms with E-state index in [0.717, 1.165) is 48.4 Å². The lowest BCUT2D eigenvalue weighted by Gasteiger charge is -2.37. The number of hydrogen-bond acceptors (Lipinski definition) is 4. The summed E-state index contributed by atoms with van der Waals surface area (Å²) in [4.78, 5) is 12.7. The number of piperidine rings is 1. The zero-order chi connectivity index (χ0) is 19.3. The van der Waals surface area contributed by atoms with Gasteiger partial charge in [0.15, 0.2) is 6.61 Å². The van der Waals surface area contributed by atoms with Gasteiger partial charge in [-0.25, -0.2) is 4.79 Å². The maximum absolute atomic E-state index is 12.7. The molecule has 144 valence electrons. The van der Waals surface area contributed by atoms with Crippen LogP contribution in [0.5, 0.6) is 5.75 Å². The molecular weight excluding hydrogens is 338 g/mol. The van der Waals surface area contributed by atoms with E-state index in [-0.39, 0.29) is 12.6 Å². The first-order valence-corrected chi connectivity index (χ1v) is 9.72. The molecule has 1 saturated heterocycles. The molecule has 0 saturated carbocycles. The maximum Gasteiger partial charge on any atom is 0.345 e. The molecule has 4 heteroatoms. The quantitative estimate of drug-likeness (QED) is 0.773. The highest BCUT2D eigenvalue weighted by molar-refractivity contribution is 5.72. The topological polar surface area (TPSA) is 47.6 Å². The van der Waals surface area contributed by atoms with E-state index in [2.05, 4.69) is 31.3 Å². The van der Waals surface area contributed by atoms with Gasteiger partial charge >= 0.3 is 5.97 Å². The molecule has 1 N–H and O–H groups in total. The van der Waals surface area contributed by atoms with Crippen LogP contribution >= 0.6 is 0 Å². The van der Waals surface area contributed by atoms with Gasteiger partial charge in [0.25, 0.3) is 0 Å². The summed E-state index contributed by atoms with van der Waals surface area (Å²) in [6.07, 6.45) is 1.54. The van der Waals surface area contributed by atoms with Crippen LogP contribution in [0.25, 0.3) is 0 Å². The van der Waals surface area contributed by atoms with Crippen molar-refractivity contribution in [2.45, 2.75) is 45.1 Å². The zero-order valence-electron chi connectivity index (χ0n) is 16.5. The summed E-state index contributed by atoms with van der Waals surface area (Å²) >= 11 is 0. The SMILES string of the molecule is Cc1ccc(C(C)C)c(OCC(=O)OC2(c3ccccc3)CCNCC2)c1. The van der Waals surface area contributed by atoms with Crippen LogP contribution in [0.2, 0.25) is 0 Å². The van der Waals surface area contributed by atoms with Crippen LogP contribution in [0, 0.1) is 6.92 Å². The smallest absolute Gasteiger partial charge is 0.345 e. The first kappa shape index (κ1) is 19.4. The summed E-state index contributed by atoms with van der Waals surface area (Å²) in [5.74, 6) is 0.773. The molecule has 0 aromatic heterocycles. The standard InChI is InChI=1S/C23H29NO3/c1-17(2)20-10-9-18(3)15-21(20)26-16-22(25)27-23(11-13-24-14-12-23)19-7-5-4-6-8-19/h4-10,15,17,24H,11-14,16H2,1-3H3. The Morgan fingerprint density at radius 3 is 2.48 bits per heavy atom. The van der Waals surface area contributed by atoms with Crippen molar-refractivity contribution in [1.29, 1.82) is 0 Å². The summed E-state index contributed by atoms with van der Waals surface area (Å²) in [5.41, 5.74) is 2.70. The summed E-state index contributed by atoms with van der Waals surface area (Å²) in [7, 11) is 0. The fourth-order valence-corrected chi connectivity index (χ4v) is 3.65. The number of carbonyl (C=O) groups is 1. The fraction of sp³-hybridized carbons (Fsp3) is 0.435. The Bertz CT molecular complexity index is 764. The Hall–Kier alpha value is -2.33. The van der Waals surface area contributed by atoms with Crippen LogP contribution in [0.15, 0.2) is 48.5 Å². The molecule has 2 aromatic rings. The fourth-order valence-electron chi connectivity index (χ4n) is 3.65. The van der Waals surface area contributed by atoms with E-state index in [0.29, 0.717) is 5.92 Å². The van der Waals surface area contributed by atoms with Gasteiger partial charge in [0, 0.05) is 12.8 Å². The number of carbonyl (C=O) groups excluding carboxylic acids is 1. The van der Waals surface area contributed by atoms with Gasteiger partial charge in [-0.05, 0) is 48.7 Å². The number of hydrogen-bond donors (Lipinski definition) is 1. The summed E-state index contributed by atoms with van der Waals surface area (Å²) in [6, 6.07) is 16.2. The van der Waals surface area contributed by atoms with E-state index in [9.17, 15) is 4.79 Å². The highest BCUT2D eigenvalue weighted by Crippen LogP contribution is 2.35. The average molecular weight is 367 g/mol. The predicted octanol–water partition coefficient (Wildman–Crippen LogP) is 4.32. The molecule has 0 bridgehead atoms. The second-order valence-electron chi connectivity index (χ2n) is 7.57. The second-order valence-corrected chi connectivity index (χ2v) is 7.57. The largest absolute Gasteiger partial charge is 0.482 e. The van der Waals surface area contributed by atoms with Crippen LogP contribution in [-0.2, 0) is 15.1 Å². The number of nitrogens with one attached hydrogen (secondary N) is 1. The molecule has 0 spiro atoms. The molecule has 27 heavy (non-hydrogen) atoms. The number of rotatable bonds is 6. The van der Waals surface area contributed by atoms with Gasteiger partial charge in [0.2, 0.25) is 0 Å². The van der Waals surface area contributed by atoms with Gasteiger partial charge in [-0.15, -0.1) is 0 Å². The number of benzene rings is 2. The van der Waals surface area contributed by atoms with Gasteiger partial charge in [0.05, 0.1) is 0 Å². The minimum Gasteiger partial charge on any atom is -0.482 e. The molecule has 0 aliphatic carbocycles. The van der Waals surface area contributed by atoms with E-state index in [1.165, 1.54) is 0 Å². The van der Waals surface area contributed by atoms with Crippen molar-refractivity contribution in [3.63, 3.8) is 0 Å². The third-order valence-electron chi connectivity index (χ3n) is 5.16. The second kappa shape index (κ2) is 8.57. The average Bonchev–Trinajstić information content (AvgIpc) is 2.67. The van der Waals surface area contributed by atoms with Gasteiger partial charge in [-0.2, -0.15) is 0 Å². The van der Waals surface area contributed by atoms with E-state index in [4.69, 9.17) is 9.47 Å². The molecule has 1 aliphatic heterocycles. The maximum atomic E-state index is 12.7. The van der Waals surface area contributed by atoms with Crippen LogP contribution in [0.1, 0.15) is 49.3 Å². The van der Waals surface area contributed by atoms with Gasteiger partial charge in [0.1, 0.15) is 11.4 Å². The number of esters is 1. The van der Waals surface area contributed by atoms with E-state index in [1.807, 2.05) is 43.3 Å². The van der Waals surface area contributed by atoms with E-state index >= 15 is 0 Å². The Morgan fingerprint density at radius 2 is 1.81 bits per heavy atom. The Kier molecular flexibility index (Phi) is 6.17. The van der Waals surface area contributed by atoms with Gasteiger partial charge in [-0.3, -0.25) is 0 Å². The first-order valence-electron chi connectivity index (χ1n) is 9.72. The summed E-state index contributed by atoms with van der Waals surface area (Å²) in [6.45, 7) is 7.85. The molecule has 0 unspecified atom stereocenters. The Balaban J connectivity index is 1.72. The normalized spacial score (nSPS) is 16.1. The lowest BCUT2D eigenvalue weighted by Crippen LogP contribution is -2.43. The predicted molar refractivity (Wildman–Crippen MR) is 107 cm³/mol. The number of aryl methyl sites for hydroxylation is 1. The lowest BCUT2D eigenvalue weighted by atomic mass is 9.85. The summed E-state index contributed by atoms with van der Waals surface area (Å²) in [5, 5.41) is 3.34. The zero-order valence-corrected chi connectivity index (χ0v) is 16.5. The van der Waals surface area contributed by atoms with E-state index < -0.39 is 5.60 Å². The molecule has 1 heterocycles. The minimum absolute atomic E-state index is 0.0782. The Labute approximate surface area is 161 Å². The molecule has 0 radical (unpaired) electrons. The van der Waals surface area contributed by atoms with Gasteiger partial charge in [-0.1, -0.05) is 56.3 Å². The molecule has 1 fully saturated rings. The molecule has 3 rings (SSSR count). The van der Waals surface area contributed by atoms with Crippen molar-refractivity contribution in [3.05, 3.63) is 65.2 Å². The van der Waals surface area contributed by atoms with Crippen molar-refractivity contribution >= 4 is 5.97 Å². The first-order chi connectivity index (χ1) is 13.0. The highest BCUT2D eigenvalue weighted by Gasteiger charge is 2.37. The molecule has 1 aliphatic rings.